The molecule has 260 valence electrons. The van der Waals surface area contributed by atoms with Crippen molar-refractivity contribution in [3.05, 3.63) is 97.1 Å². The van der Waals surface area contributed by atoms with Crippen LogP contribution in [0.1, 0.15) is 11.1 Å². The Labute approximate surface area is 286 Å². The second-order valence-electron chi connectivity index (χ2n) is 12.1. The quantitative estimate of drug-likeness (QED) is 0.0669. The van der Waals surface area contributed by atoms with Gasteiger partial charge in [-0.15, -0.1) is 13.2 Å². The van der Waals surface area contributed by atoms with Crippen LogP contribution in [0.2, 0.25) is 0 Å². The molecule has 0 saturated carbocycles. The maximum atomic E-state index is 10.6. The first kappa shape index (κ1) is 34.7. The van der Waals surface area contributed by atoms with Gasteiger partial charge in [0.15, 0.2) is 0 Å². The van der Waals surface area contributed by atoms with Crippen molar-refractivity contribution in [3.8, 4) is 23.0 Å². The Kier molecular flexibility index (Phi) is 12.0. The summed E-state index contributed by atoms with van der Waals surface area (Å²) in [6.07, 6.45) is 2.27. The highest BCUT2D eigenvalue weighted by Gasteiger charge is 2.25. The first-order valence-electron chi connectivity index (χ1n) is 16.6. The van der Waals surface area contributed by atoms with Gasteiger partial charge in [-0.05, 0) is 57.9 Å². The van der Waals surface area contributed by atoms with Crippen molar-refractivity contribution in [1.29, 1.82) is 0 Å². The normalized spacial score (nSPS) is 17.8. The molecular formula is C39H44O10. The maximum Gasteiger partial charge on any atom is 0.123 e. The molecule has 4 atom stereocenters. The lowest BCUT2D eigenvalue weighted by Crippen LogP contribution is -2.24. The Morgan fingerprint density at radius 2 is 1.10 bits per heavy atom. The average Bonchev–Trinajstić information content (AvgIpc) is 4.05. The van der Waals surface area contributed by atoms with Gasteiger partial charge in [0, 0.05) is 17.5 Å². The highest BCUT2D eigenvalue weighted by molar-refractivity contribution is 5.93. The summed E-state index contributed by atoms with van der Waals surface area (Å²) >= 11 is 0. The van der Waals surface area contributed by atoms with Crippen LogP contribution >= 0.6 is 0 Å². The minimum Gasteiger partial charge on any atom is -0.491 e. The molecule has 0 amide bonds. The molecule has 3 unspecified atom stereocenters. The van der Waals surface area contributed by atoms with Crippen molar-refractivity contribution in [2.24, 2.45) is 0 Å². The summed E-state index contributed by atoms with van der Waals surface area (Å²) in [4.78, 5) is 0. The van der Waals surface area contributed by atoms with Gasteiger partial charge >= 0.3 is 0 Å². The molecular weight excluding hydrogens is 628 g/mol. The van der Waals surface area contributed by atoms with Crippen LogP contribution < -0.4 is 18.9 Å². The van der Waals surface area contributed by atoms with Gasteiger partial charge in [0.2, 0.25) is 0 Å². The molecule has 4 aromatic rings. The summed E-state index contributed by atoms with van der Waals surface area (Å²) in [7, 11) is 0. The fourth-order valence-electron chi connectivity index (χ4n) is 5.42. The summed E-state index contributed by atoms with van der Waals surface area (Å²) in [5.74, 6) is 2.68. The van der Waals surface area contributed by atoms with Crippen molar-refractivity contribution in [3.63, 3.8) is 0 Å². The maximum absolute atomic E-state index is 10.6. The predicted octanol–water partition coefficient (Wildman–Crippen LogP) is 5.02. The van der Waals surface area contributed by atoms with Crippen molar-refractivity contribution in [2.45, 2.75) is 30.8 Å². The van der Waals surface area contributed by atoms with E-state index < -0.39 is 12.2 Å². The van der Waals surface area contributed by atoms with E-state index in [0.29, 0.717) is 57.6 Å². The number of aliphatic hydroxyl groups excluding tert-OH is 2. The second-order valence-corrected chi connectivity index (χ2v) is 12.1. The highest BCUT2D eigenvalue weighted by atomic mass is 16.6. The van der Waals surface area contributed by atoms with Crippen molar-refractivity contribution < 1.29 is 48.1 Å². The van der Waals surface area contributed by atoms with Crippen molar-refractivity contribution >= 4 is 21.5 Å². The second kappa shape index (κ2) is 17.0. The number of benzene rings is 4. The molecule has 10 heteroatoms. The van der Waals surface area contributed by atoms with Crippen LogP contribution in [0, 0.1) is 0 Å². The lowest BCUT2D eigenvalue weighted by atomic mass is 9.93. The number of ether oxygens (including phenoxy) is 8. The van der Waals surface area contributed by atoms with Gasteiger partial charge in [0.05, 0.1) is 39.6 Å². The molecule has 0 spiro atoms. The highest BCUT2D eigenvalue weighted by Crippen LogP contribution is 2.39. The molecule has 4 aromatic carbocycles. The standard InChI is InChI=1S/C39H44O10/c1-3-13-42-18-28(40)20-44-30-9-5-26-7-11-38(48-21-29(41)19-43-14-4-2)36(34(26)15-30)17-37-35-16-31(45-22-32-23-46-32)10-6-27(35)8-12-39(37)49-25-33-24-47-33/h3-12,15-16,28-29,32-33,40-41H,1-2,13-14,17-25H2/t28?,29?,32?,33-/m1/s1. The van der Waals surface area contributed by atoms with E-state index in [0.717, 1.165) is 44.2 Å². The largest absolute Gasteiger partial charge is 0.491 e. The zero-order valence-corrected chi connectivity index (χ0v) is 27.6. The molecule has 2 heterocycles. The van der Waals surface area contributed by atoms with E-state index in [2.05, 4.69) is 13.2 Å². The summed E-state index contributed by atoms with van der Waals surface area (Å²) in [6, 6.07) is 19.8. The average molecular weight is 673 g/mol. The number of fused-ring (bicyclic) bond motifs is 2. The molecule has 0 aromatic heterocycles. The third-order valence-electron chi connectivity index (χ3n) is 8.11. The van der Waals surface area contributed by atoms with Crippen molar-refractivity contribution in [1.82, 2.24) is 0 Å². The molecule has 2 saturated heterocycles. The summed E-state index contributed by atoms with van der Waals surface area (Å²) in [5.41, 5.74) is 1.84. The lowest BCUT2D eigenvalue weighted by molar-refractivity contribution is 0.0212. The number of epoxide rings is 2. The molecule has 2 N–H and O–H groups in total. The Balaban J connectivity index is 1.36. The summed E-state index contributed by atoms with van der Waals surface area (Å²) < 4.78 is 46.3. The summed E-state index contributed by atoms with van der Waals surface area (Å²) in [6.45, 7) is 10.7. The smallest absolute Gasteiger partial charge is 0.123 e. The van der Waals surface area contributed by atoms with E-state index in [1.54, 1.807) is 12.2 Å². The van der Waals surface area contributed by atoms with Gasteiger partial charge in [-0.3, -0.25) is 0 Å². The number of hydrogen-bond acceptors (Lipinski definition) is 10. The van der Waals surface area contributed by atoms with Crippen LogP contribution in [-0.4, -0.2) is 101 Å². The topological polar surface area (TPSA) is 121 Å². The number of hydrogen-bond donors (Lipinski definition) is 2. The van der Waals surface area contributed by atoms with Gasteiger partial charge < -0.3 is 48.1 Å². The van der Waals surface area contributed by atoms with E-state index in [-0.39, 0.29) is 38.6 Å². The van der Waals surface area contributed by atoms with Gasteiger partial charge in [0.25, 0.3) is 0 Å². The summed E-state index contributed by atoms with van der Waals surface area (Å²) in [5, 5.41) is 24.9. The first-order chi connectivity index (χ1) is 24.0. The molecule has 10 nitrogen and oxygen atoms in total. The van der Waals surface area contributed by atoms with Crippen LogP contribution in [0.3, 0.4) is 0 Å². The minimum absolute atomic E-state index is 0.0296. The molecule has 6 rings (SSSR count). The number of rotatable bonds is 22. The van der Waals surface area contributed by atoms with Crippen LogP contribution in [0.15, 0.2) is 86.0 Å². The number of aliphatic hydroxyl groups is 2. The van der Waals surface area contributed by atoms with Gasteiger partial charge in [-0.2, -0.15) is 0 Å². The van der Waals surface area contributed by atoms with Gasteiger partial charge in [-0.1, -0.05) is 36.4 Å². The van der Waals surface area contributed by atoms with E-state index in [9.17, 15) is 10.2 Å². The van der Waals surface area contributed by atoms with Crippen LogP contribution in [-0.2, 0) is 25.4 Å². The predicted molar refractivity (Wildman–Crippen MR) is 186 cm³/mol. The molecule has 0 radical (unpaired) electrons. The Hall–Kier alpha value is -4.16. The molecule has 49 heavy (non-hydrogen) atoms. The van der Waals surface area contributed by atoms with Gasteiger partial charge in [0.1, 0.15) is 73.8 Å². The SMILES string of the molecule is C=CCOCC(O)COc1ccc2ccc(OCC(O)COCC=C)c(Cc3c(OC[C@H]4CO4)ccc4ccc(OCC5CO5)cc34)c2c1. The molecule has 0 bridgehead atoms. The Morgan fingerprint density at radius 3 is 1.63 bits per heavy atom. The fourth-order valence-corrected chi connectivity index (χ4v) is 5.42. The van der Waals surface area contributed by atoms with E-state index in [1.165, 1.54) is 0 Å². The van der Waals surface area contributed by atoms with Gasteiger partial charge in [-0.25, -0.2) is 0 Å². The molecule has 2 fully saturated rings. The zero-order chi connectivity index (χ0) is 34.0. The zero-order valence-electron chi connectivity index (χ0n) is 27.6. The van der Waals surface area contributed by atoms with Crippen molar-refractivity contribution in [2.75, 3.05) is 66.1 Å². The molecule has 2 aliphatic rings. The van der Waals surface area contributed by atoms with E-state index in [4.69, 9.17) is 37.9 Å². The Morgan fingerprint density at radius 1 is 0.633 bits per heavy atom. The van der Waals surface area contributed by atoms with Crippen LogP contribution in [0.4, 0.5) is 0 Å². The monoisotopic (exact) mass is 672 g/mol. The third kappa shape index (κ3) is 9.95. The lowest BCUT2D eigenvalue weighted by Gasteiger charge is -2.20. The van der Waals surface area contributed by atoms with Crippen LogP contribution in [0.5, 0.6) is 23.0 Å². The third-order valence-corrected chi connectivity index (χ3v) is 8.11. The fraction of sp³-hybridized carbons (Fsp3) is 0.385. The minimum atomic E-state index is -0.840. The van der Waals surface area contributed by atoms with E-state index >= 15 is 0 Å². The van der Waals surface area contributed by atoms with E-state index in [1.807, 2.05) is 60.7 Å². The van der Waals surface area contributed by atoms with Crippen LogP contribution in [0.25, 0.3) is 21.5 Å². The Bertz CT molecular complexity index is 1700. The molecule has 0 aliphatic carbocycles. The molecule has 2 aliphatic heterocycles. The first-order valence-corrected chi connectivity index (χ1v) is 16.6.